The number of amides is 1. The third kappa shape index (κ3) is 5.75. The van der Waals surface area contributed by atoms with Gasteiger partial charge in [0.2, 0.25) is 5.91 Å². The molecule has 0 spiro atoms. The smallest absolute Gasteiger partial charge is 0.220 e. The molecule has 1 unspecified atom stereocenters. The zero-order valence-corrected chi connectivity index (χ0v) is 15.0. The molecule has 134 valence electrons. The molecular weight excluding hydrogens is 328 g/mol. The van der Waals surface area contributed by atoms with Gasteiger partial charge in [0.15, 0.2) is 5.78 Å². The van der Waals surface area contributed by atoms with Gasteiger partial charge in [-0.15, -0.1) is 0 Å². The molecule has 1 amide bonds. The van der Waals surface area contributed by atoms with Crippen molar-refractivity contribution in [2.45, 2.75) is 32.7 Å². The highest BCUT2D eigenvalue weighted by molar-refractivity contribution is 5.94. The Labute approximate surface area is 153 Å². The largest absolute Gasteiger partial charge is 0.494 e. The van der Waals surface area contributed by atoms with Crippen molar-refractivity contribution in [3.8, 4) is 11.8 Å². The number of hydrogen-bond donors (Lipinski definition) is 1. The normalized spacial score (nSPS) is 11.3. The van der Waals surface area contributed by atoms with E-state index >= 15 is 0 Å². The highest BCUT2D eigenvalue weighted by Gasteiger charge is 2.09. The number of carbonyl (C=O) groups excluding carboxylic acids is 2. The van der Waals surface area contributed by atoms with Crippen LogP contribution >= 0.6 is 0 Å². The minimum atomic E-state index is -0.115. The zero-order valence-electron chi connectivity index (χ0n) is 15.0. The van der Waals surface area contributed by atoms with E-state index in [9.17, 15) is 9.59 Å². The van der Waals surface area contributed by atoms with Gasteiger partial charge in [-0.3, -0.25) is 9.59 Å². The molecular formula is C21H22N2O3. The molecule has 0 aromatic heterocycles. The van der Waals surface area contributed by atoms with Crippen LogP contribution in [0.25, 0.3) is 0 Å². The second-order valence-corrected chi connectivity index (χ2v) is 6.06. The van der Waals surface area contributed by atoms with Crippen molar-refractivity contribution in [1.29, 1.82) is 5.26 Å². The standard InChI is InChI=1S/C21H22N2O3/c1-15(18-7-5-17(14-22)6-8-18)23-21(25)4-3-13-26-20-11-9-19(10-12-20)16(2)24/h5-12,15H,3-4,13H2,1-2H3,(H,23,25). The average molecular weight is 350 g/mol. The van der Waals surface area contributed by atoms with Crippen molar-refractivity contribution in [3.63, 3.8) is 0 Å². The fraction of sp³-hybridized carbons (Fsp3) is 0.286. The molecule has 0 bridgehead atoms. The molecule has 2 aromatic rings. The summed E-state index contributed by atoms with van der Waals surface area (Å²) in [6.45, 7) is 3.86. The minimum absolute atomic E-state index is 0.0182. The van der Waals surface area contributed by atoms with Gasteiger partial charge in [0, 0.05) is 12.0 Å². The lowest BCUT2D eigenvalue weighted by Crippen LogP contribution is -2.26. The lowest BCUT2D eigenvalue weighted by Gasteiger charge is -2.14. The highest BCUT2D eigenvalue weighted by Crippen LogP contribution is 2.14. The van der Waals surface area contributed by atoms with Gasteiger partial charge in [-0.05, 0) is 62.2 Å². The summed E-state index contributed by atoms with van der Waals surface area (Å²) in [5.41, 5.74) is 2.20. The van der Waals surface area contributed by atoms with E-state index in [0.29, 0.717) is 36.3 Å². The lowest BCUT2D eigenvalue weighted by molar-refractivity contribution is -0.121. The summed E-state index contributed by atoms with van der Waals surface area (Å²) in [5.74, 6) is 0.656. The van der Waals surface area contributed by atoms with Crippen molar-refractivity contribution in [3.05, 3.63) is 65.2 Å². The Hall–Kier alpha value is -3.13. The summed E-state index contributed by atoms with van der Waals surface area (Å²) in [5, 5.41) is 11.7. The van der Waals surface area contributed by atoms with Crippen LogP contribution in [0.1, 0.15) is 54.2 Å². The molecule has 1 atom stereocenters. The predicted octanol–water partition coefficient (Wildman–Crippen LogP) is 3.80. The van der Waals surface area contributed by atoms with Gasteiger partial charge in [0.25, 0.3) is 0 Å². The van der Waals surface area contributed by atoms with Gasteiger partial charge in [-0.1, -0.05) is 12.1 Å². The number of benzene rings is 2. The summed E-state index contributed by atoms with van der Waals surface area (Å²) >= 11 is 0. The van der Waals surface area contributed by atoms with Crippen molar-refractivity contribution in [1.82, 2.24) is 5.32 Å². The monoisotopic (exact) mass is 350 g/mol. The molecule has 0 aliphatic heterocycles. The second kappa shape index (κ2) is 9.38. The quantitative estimate of drug-likeness (QED) is 0.580. The number of ether oxygens (including phenoxy) is 1. The molecule has 5 heteroatoms. The van der Waals surface area contributed by atoms with E-state index in [1.54, 1.807) is 36.4 Å². The van der Waals surface area contributed by atoms with Gasteiger partial charge < -0.3 is 10.1 Å². The molecule has 0 aliphatic carbocycles. The Morgan fingerprint density at radius 1 is 1.12 bits per heavy atom. The summed E-state index contributed by atoms with van der Waals surface area (Å²) < 4.78 is 5.58. The van der Waals surface area contributed by atoms with E-state index in [-0.39, 0.29) is 17.7 Å². The average Bonchev–Trinajstić information content (AvgIpc) is 2.65. The van der Waals surface area contributed by atoms with Crippen LogP contribution in [0.2, 0.25) is 0 Å². The van der Waals surface area contributed by atoms with Crippen LogP contribution in [0.5, 0.6) is 5.75 Å². The zero-order chi connectivity index (χ0) is 18.9. The predicted molar refractivity (Wildman–Crippen MR) is 98.9 cm³/mol. The molecule has 0 aliphatic rings. The Kier molecular flexibility index (Phi) is 6.92. The molecule has 1 N–H and O–H groups in total. The first-order chi connectivity index (χ1) is 12.5. The van der Waals surface area contributed by atoms with Crippen LogP contribution in [-0.4, -0.2) is 18.3 Å². The molecule has 5 nitrogen and oxygen atoms in total. The Bertz CT molecular complexity index is 790. The van der Waals surface area contributed by atoms with Gasteiger partial charge in [0.05, 0.1) is 24.3 Å². The fourth-order valence-corrected chi connectivity index (χ4v) is 2.45. The van der Waals surface area contributed by atoms with Gasteiger partial charge in [-0.2, -0.15) is 5.26 Å². The molecule has 2 aromatic carbocycles. The molecule has 0 heterocycles. The van der Waals surface area contributed by atoms with Crippen molar-refractivity contribution in [2.75, 3.05) is 6.61 Å². The first-order valence-electron chi connectivity index (χ1n) is 8.53. The molecule has 0 fully saturated rings. The molecule has 26 heavy (non-hydrogen) atoms. The number of carbonyl (C=O) groups is 2. The second-order valence-electron chi connectivity index (χ2n) is 6.06. The van der Waals surface area contributed by atoms with Crippen LogP contribution in [-0.2, 0) is 4.79 Å². The first-order valence-corrected chi connectivity index (χ1v) is 8.53. The van der Waals surface area contributed by atoms with Crippen LogP contribution < -0.4 is 10.1 Å². The SMILES string of the molecule is CC(=O)c1ccc(OCCCC(=O)NC(C)c2ccc(C#N)cc2)cc1. The summed E-state index contributed by atoms with van der Waals surface area (Å²) in [4.78, 5) is 23.2. The van der Waals surface area contributed by atoms with E-state index in [1.165, 1.54) is 6.92 Å². The van der Waals surface area contributed by atoms with Crippen molar-refractivity contribution >= 4 is 11.7 Å². The van der Waals surface area contributed by atoms with Crippen LogP contribution in [0.15, 0.2) is 48.5 Å². The number of nitriles is 1. The summed E-state index contributed by atoms with van der Waals surface area (Å²) in [6, 6.07) is 16.1. The summed E-state index contributed by atoms with van der Waals surface area (Å²) in [6.07, 6.45) is 0.965. The van der Waals surface area contributed by atoms with Crippen molar-refractivity contribution < 1.29 is 14.3 Å². The molecule has 0 saturated heterocycles. The number of rotatable bonds is 8. The van der Waals surface area contributed by atoms with Crippen molar-refractivity contribution in [2.24, 2.45) is 0 Å². The van der Waals surface area contributed by atoms with Crippen LogP contribution in [0.3, 0.4) is 0 Å². The maximum atomic E-state index is 12.0. The molecule has 0 saturated carbocycles. The lowest BCUT2D eigenvalue weighted by atomic mass is 10.1. The fourth-order valence-electron chi connectivity index (χ4n) is 2.45. The number of nitrogens with one attached hydrogen (secondary N) is 1. The van der Waals surface area contributed by atoms with Gasteiger partial charge in [0.1, 0.15) is 5.75 Å². The maximum Gasteiger partial charge on any atom is 0.220 e. The number of Topliss-reactive ketones (excluding diaryl/α,β-unsaturated/α-hetero) is 1. The molecule has 0 radical (unpaired) electrons. The highest BCUT2D eigenvalue weighted by atomic mass is 16.5. The van der Waals surface area contributed by atoms with E-state index in [2.05, 4.69) is 11.4 Å². The topological polar surface area (TPSA) is 79.2 Å². The van der Waals surface area contributed by atoms with Gasteiger partial charge >= 0.3 is 0 Å². The van der Waals surface area contributed by atoms with E-state index in [0.717, 1.165) is 5.56 Å². The van der Waals surface area contributed by atoms with Crippen LogP contribution in [0, 0.1) is 11.3 Å². The number of ketones is 1. The number of hydrogen-bond acceptors (Lipinski definition) is 4. The Morgan fingerprint density at radius 3 is 2.35 bits per heavy atom. The minimum Gasteiger partial charge on any atom is -0.494 e. The third-order valence-electron chi connectivity index (χ3n) is 4.00. The Morgan fingerprint density at radius 2 is 1.77 bits per heavy atom. The first kappa shape index (κ1) is 19.2. The van der Waals surface area contributed by atoms with Crippen LogP contribution in [0.4, 0.5) is 0 Å². The van der Waals surface area contributed by atoms with E-state index in [4.69, 9.17) is 10.00 Å². The number of nitrogens with zero attached hydrogens (tertiary/aromatic N) is 1. The van der Waals surface area contributed by atoms with E-state index in [1.807, 2.05) is 19.1 Å². The maximum absolute atomic E-state index is 12.0. The summed E-state index contributed by atoms with van der Waals surface area (Å²) in [7, 11) is 0. The molecule has 2 rings (SSSR count). The van der Waals surface area contributed by atoms with E-state index < -0.39 is 0 Å². The third-order valence-corrected chi connectivity index (χ3v) is 4.00. The Balaban J connectivity index is 1.71. The van der Waals surface area contributed by atoms with Gasteiger partial charge in [-0.25, -0.2) is 0 Å².